The molecule has 2 aromatic carbocycles. The van der Waals surface area contributed by atoms with E-state index in [1.807, 2.05) is 49.4 Å². The van der Waals surface area contributed by atoms with E-state index in [9.17, 15) is 9.59 Å². The molecule has 0 aliphatic rings. The minimum absolute atomic E-state index is 0.0509. The van der Waals surface area contributed by atoms with E-state index in [2.05, 4.69) is 16.2 Å². The molecule has 0 aliphatic carbocycles. The van der Waals surface area contributed by atoms with E-state index in [1.165, 1.54) is 0 Å². The number of carbonyl (C=O) groups is 2. The highest BCUT2D eigenvalue weighted by Gasteiger charge is 2.09. The number of rotatable bonds is 6. The van der Waals surface area contributed by atoms with Crippen molar-refractivity contribution in [1.29, 1.82) is 0 Å². The predicted octanol–water partition coefficient (Wildman–Crippen LogP) is 1.83. The summed E-state index contributed by atoms with van der Waals surface area (Å²) >= 11 is 5.01. The molecule has 2 amide bonds. The zero-order valence-corrected chi connectivity index (χ0v) is 14.8. The van der Waals surface area contributed by atoms with Gasteiger partial charge in [0, 0.05) is 6.61 Å². The average molecular weight is 359 g/mol. The van der Waals surface area contributed by atoms with Crippen LogP contribution in [0.5, 0.6) is 0 Å². The zero-order valence-electron chi connectivity index (χ0n) is 14.0. The lowest BCUT2D eigenvalue weighted by Crippen LogP contribution is -2.48. The number of fused-ring (bicyclic) bond motifs is 1. The summed E-state index contributed by atoms with van der Waals surface area (Å²) in [5.74, 6) is -0.517. The van der Waals surface area contributed by atoms with Crippen LogP contribution < -0.4 is 16.2 Å². The fraction of sp³-hybridized carbons (Fsp3) is 0.278. The molecular weight excluding hydrogens is 338 g/mol. The first-order valence-electron chi connectivity index (χ1n) is 8.03. The second-order valence-corrected chi connectivity index (χ2v) is 5.72. The Morgan fingerprint density at radius 2 is 1.80 bits per heavy atom. The molecule has 2 aromatic rings. The van der Waals surface area contributed by atoms with Gasteiger partial charge in [0.2, 0.25) is 11.8 Å². The van der Waals surface area contributed by atoms with Gasteiger partial charge in [0.1, 0.15) is 0 Å². The monoisotopic (exact) mass is 359 g/mol. The predicted molar refractivity (Wildman–Crippen MR) is 101 cm³/mol. The number of ether oxygens (including phenoxy) is 1. The van der Waals surface area contributed by atoms with Crippen molar-refractivity contribution in [3.63, 3.8) is 0 Å². The molecule has 0 atom stereocenters. The fourth-order valence-electron chi connectivity index (χ4n) is 2.32. The van der Waals surface area contributed by atoms with Gasteiger partial charge in [-0.15, -0.1) is 0 Å². The van der Waals surface area contributed by atoms with Gasteiger partial charge in [-0.3, -0.25) is 20.4 Å². The molecule has 0 aliphatic heterocycles. The van der Waals surface area contributed by atoms with E-state index in [0.717, 1.165) is 16.3 Å². The average Bonchev–Trinajstić information content (AvgIpc) is 2.60. The molecule has 7 heteroatoms. The molecule has 0 aromatic heterocycles. The fourth-order valence-corrected chi connectivity index (χ4v) is 2.48. The lowest BCUT2D eigenvalue weighted by Gasteiger charge is -2.11. The van der Waals surface area contributed by atoms with Gasteiger partial charge in [-0.25, -0.2) is 0 Å². The van der Waals surface area contributed by atoms with Crippen LogP contribution in [0.1, 0.15) is 18.9 Å². The zero-order chi connectivity index (χ0) is 18.1. The molecule has 0 spiro atoms. The topological polar surface area (TPSA) is 79.5 Å². The van der Waals surface area contributed by atoms with Crippen LogP contribution in [0.3, 0.4) is 0 Å². The number of amides is 2. The van der Waals surface area contributed by atoms with E-state index in [4.69, 9.17) is 17.0 Å². The number of nitrogens with one attached hydrogen (secondary N) is 3. The van der Waals surface area contributed by atoms with E-state index >= 15 is 0 Å². The molecule has 6 nitrogen and oxygen atoms in total. The van der Waals surface area contributed by atoms with Gasteiger partial charge >= 0.3 is 0 Å². The summed E-state index contributed by atoms with van der Waals surface area (Å²) in [5, 5.41) is 4.71. The van der Waals surface area contributed by atoms with Crippen molar-refractivity contribution in [1.82, 2.24) is 16.2 Å². The van der Waals surface area contributed by atoms with Gasteiger partial charge in [0.25, 0.3) is 0 Å². The Kier molecular flexibility index (Phi) is 7.31. The van der Waals surface area contributed by atoms with Crippen molar-refractivity contribution >= 4 is 39.9 Å². The minimum Gasteiger partial charge on any atom is -0.381 e. The molecule has 0 unspecified atom stereocenters. The molecule has 0 saturated heterocycles. The summed E-state index contributed by atoms with van der Waals surface area (Å²) in [6.07, 6.45) is 0.412. The van der Waals surface area contributed by atoms with Crippen molar-refractivity contribution < 1.29 is 14.3 Å². The Labute approximate surface area is 151 Å². The molecule has 0 bridgehead atoms. The minimum atomic E-state index is -0.265. The van der Waals surface area contributed by atoms with Crippen molar-refractivity contribution in [2.75, 3.05) is 13.2 Å². The van der Waals surface area contributed by atoms with E-state index in [1.54, 1.807) is 0 Å². The van der Waals surface area contributed by atoms with Crippen LogP contribution in [0.25, 0.3) is 10.8 Å². The number of hydrogen-bond acceptors (Lipinski definition) is 4. The van der Waals surface area contributed by atoms with E-state index in [0.29, 0.717) is 13.2 Å². The highest BCUT2D eigenvalue weighted by Crippen LogP contribution is 2.18. The van der Waals surface area contributed by atoms with Gasteiger partial charge in [-0.1, -0.05) is 42.5 Å². The summed E-state index contributed by atoms with van der Waals surface area (Å²) in [6, 6.07) is 13.7. The summed E-state index contributed by atoms with van der Waals surface area (Å²) in [6.45, 7) is 2.75. The van der Waals surface area contributed by atoms with Crippen LogP contribution in [-0.2, 0) is 20.7 Å². The standard InChI is InChI=1S/C18H21N3O3S/c1-2-24-11-10-16(22)20-21-18(25)19-17(23)12-14-8-5-7-13-6-3-4-9-15(13)14/h3-9H,2,10-12H2,1H3,(H,20,22)(H2,19,21,23,25). The Morgan fingerprint density at radius 3 is 2.60 bits per heavy atom. The van der Waals surface area contributed by atoms with Crippen LogP contribution in [0.15, 0.2) is 42.5 Å². The molecular formula is C18H21N3O3S. The maximum Gasteiger partial charge on any atom is 0.240 e. The van der Waals surface area contributed by atoms with Gasteiger partial charge in [-0.05, 0) is 35.5 Å². The lowest BCUT2D eigenvalue weighted by molar-refractivity contribution is -0.123. The first-order chi connectivity index (χ1) is 12.1. The second kappa shape index (κ2) is 9.71. The quantitative estimate of drug-likeness (QED) is 0.417. The summed E-state index contributed by atoms with van der Waals surface area (Å²) in [4.78, 5) is 23.7. The second-order valence-electron chi connectivity index (χ2n) is 5.31. The molecule has 3 N–H and O–H groups in total. The SMILES string of the molecule is CCOCCC(=O)NNC(=S)NC(=O)Cc1cccc2ccccc12. The Hall–Kier alpha value is -2.51. The molecule has 2 rings (SSSR count). The number of hydrogen-bond donors (Lipinski definition) is 3. The molecule has 132 valence electrons. The molecule has 25 heavy (non-hydrogen) atoms. The summed E-state index contributed by atoms with van der Waals surface area (Å²) in [7, 11) is 0. The number of hydrazine groups is 1. The van der Waals surface area contributed by atoms with Crippen molar-refractivity contribution in [2.24, 2.45) is 0 Å². The Bertz CT molecular complexity index is 759. The van der Waals surface area contributed by atoms with E-state index < -0.39 is 0 Å². The van der Waals surface area contributed by atoms with Gasteiger partial charge < -0.3 is 10.1 Å². The smallest absolute Gasteiger partial charge is 0.240 e. The third-order valence-corrected chi connectivity index (χ3v) is 3.68. The number of thiocarbonyl (C=S) groups is 1. The van der Waals surface area contributed by atoms with Crippen LogP contribution in [0.2, 0.25) is 0 Å². The van der Waals surface area contributed by atoms with Gasteiger partial charge in [0.05, 0.1) is 19.4 Å². The molecule has 0 radical (unpaired) electrons. The third-order valence-electron chi connectivity index (χ3n) is 3.48. The normalized spacial score (nSPS) is 10.3. The number of carbonyl (C=O) groups excluding carboxylic acids is 2. The molecule has 0 fully saturated rings. The lowest BCUT2D eigenvalue weighted by atomic mass is 10.0. The van der Waals surface area contributed by atoms with Crippen LogP contribution in [0, 0.1) is 0 Å². The van der Waals surface area contributed by atoms with Crippen molar-refractivity contribution in [3.05, 3.63) is 48.0 Å². The van der Waals surface area contributed by atoms with E-state index in [-0.39, 0.29) is 29.8 Å². The molecule has 0 saturated carbocycles. The van der Waals surface area contributed by atoms with Gasteiger partial charge in [0.15, 0.2) is 5.11 Å². The van der Waals surface area contributed by atoms with Crippen molar-refractivity contribution in [2.45, 2.75) is 19.8 Å². The summed E-state index contributed by atoms with van der Waals surface area (Å²) < 4.78 is 5.09. The molecule has 0 heterocycles. The highest BCUT2D eigenvalue weighted by atomic mass is 32.1. The maximum atomic E-state index is 12.2. The van der Waals surface area contributed by atoms with Gasteiger partial charge in [-0.2, -0.15) is 0 Å². The highest BCUT2D eigenvalue weighted by molar-refractivity contribution is 7.80. The Morgan fingerprint density at radius 1 is 1.04 bits per heavy atom. The third kappa shape index (κ3) is 6.13. The maximum absolute atomic E-state index is 12.2. The first-order valence-corrected chi connectivity index (χ1v) is 8.44. The Balaban J connectivity index is 1.81. The van der Waals surface area contributed by atoms with Crippen LogP contribution in [0.4, 0.5) is 0 Å². The largest absolute Gasteiger partial charge is 0.381 e. The first kappa shape index (κ1) is 18.8. The van der Waals surface area contributed by atoms with Crippen LogP contribution in [-0.4, -0.2) is 30.1 Å². The summed E-state index contributed by atoms with van der Waals surface area (Å²) in [5.41, 5.74) is 5.84. The number of benzene rings is 2. The van der Waals surface area contributed by atoms with Crippen LogP contribution >= 0.6 is 12.2 Å². The van der Waals surface area contributed by atoms with Crippen molar-refractivity contribution in [3.8, 4) is 0 Å².